The molecule has 2 N–H and O–H groups in total. The lowest BCUT2D eigenvalue weighted by atomic mass is 9.96. The van der Waals surface area contributed by atoms with Crippen molar-refractivity contribution in [1.29, 1.82) is 5.26 Å². The number of fused-ring (bicyclic) bond motifs is 3. The topological polar surface area (TPSA) is 117 Å². The van der Waals surface area contributed by atoms with Gasteiger partial charge in [0, 0.05) is 46.7 Å². The maximum absolute atomic E-state index is 11.4. The van der Waals surface area contributed by atoms with Crippen molar-refractivity contribution < 1.29 is 19.4 Å². The fraction of sp³-hybridized carbons (Fsp3) is 0.333. The first-order chi connectivity index (χ1) is 19.0. The highest BCUT2D eigenvalue weighted by Gasteiger charge is 2.45. The summed E-state index contributed by atoms with van der Waals surface area (Å²) in [6, 6.07) is 15.1. The molecule has 0 spiro atoms. The van der Waals surface area contributed by atoms with E-state index in [0.717, 1.165) is 59.5 Å². The smallest absolute Gasteiger partial charge is 0.335 e. The van der Waals surface area contributed by atoms with Gasteiger partial charge in [0.15, 0.2) is 0 Å². The Bertz CT molecular complexity index is 1550. The van der Waals surface area contributed by atoms with Crippen molar-refractivity contribution in [2.24, 2.45) is 0 Å². The summed E-state index contributed by atoms with van der Waals surface area (Å²) in [5, 5.41) is 25.4. The molecule has 0 amide bonds. The quantitative estimate of drug-likeness (QED) is 0.164. The number of nitriles is 1. The number of aromatic nitrogens is 2. The van der Waals surface area contributed by atoms with Gasteiger partial charge in [-0.25, -0.2) is 9.78 Å². The van der Waals surface area contributed by atoms with Crippen LogP contribution in [0.15, 0.2) is 54.9 Å². The molecule has 1 fully saturated rings. The summed E-state index contributed by atoms with van der Waals surface area (Å²) in [6.07, 6.45) is 7.10. The molecule has 200 valence electrons. The van der Waals surface area contributed by atoms with Crippen molar-refractivity contribution in [3.8, 4) is 11.9 Å². The largest absolute Gasteiger partial charge is 0.478 e. The minimum absolute atomic E-state index is 0.171. The summed E-state index contributed by atoms with van der Waals surface area (Å²) in [7, 11) is 0. The normalized spacial score (nSPS) is 13.8. The van der Waals surface area contributed by atoms with Crippen LogP contribution in [0.2, 0.25) is 5.02 Å². The fourth-order valence-corrected chi connectivity index (χ4v) is 4.92. The summed E-state index contributed by atoms with van der Waals surface area (Å²) in [5.74, 6) is -0.571. The Morgan fingerprint density at radius 1 is 1.08 bits per heavy atom. The molecule has 4 aromatic rings. The first kappa shape index (κ1) is 26.8. The molecule has 2 aromatic heterocycles. The van der Waals surface area contributed by atoms with Gasteiger partial charge in [-0.05, 0) is 73.7 Å². The Morgan fingerprint density at radius 2 is 1.95 bits per heavy atom. The number of benzene rings is 2. The van der Waals surface area contributed by atoms with Crippen molar-refractivity contribution in [3.63, 3.8) is 0 Å². The summed E-state index contributed by atoms with van der Waals surface area (Å²) in [4.78, 5) is 20.2. The molecule has 0 bridgehead atoms. The number of carboxylic acid groups (broad SMARTS) is 1. The first-order valence-electron chi connectivity index (χ1n) is 13.0. The third kappa shape index (κ3) is 6.28. The molecule has 5 rings (SSSR count). The van der Waals surface area contributed by atoms with Gasteiger partial charge in [-0.1, -0.05) is 23.7 Å². The number of nitrogens with one attached hydrogen (secondary N) is 1. The number of hydrogen-bond acceptors (Lipinski definition) is 7. The minimum Gasteiger partial charge on any atom is -0.478 e. The average Bonchev–Trinajstić information content (AvgIpc) is 3.75. The molecular formula is C30H29ClN4O4. The molecule has 2 heterocycles. The lowest BCUT2D eigenvalue weighted by Crippen LogP contribution is -2.16. The number of pyridine rings is 2. The molecule has 0 radical (unpaired) electrons. The molecule has 1 aliphatic rings. The molecule has 8 nitrogen and oxygen atoms in total. The molecule has 0 atom stereocenters. The summed E-state index contributed by atoms with van der Waals surface area (Å²) < 4.78 is 11.7. The van der Waals surface area contributed by atoms with E-state index in [1.165, 1.54) is 0 Å². The van der Waals surface area contributed by atoms with Gasteiger partial charge in [0.05, 0.1) is 29.2 Å². The molecule has 2 aromatic carbocycles. The lowest BCUT2D eigenvalue weighted by Gasteiger charge is -2.12. The van der Waals surface area contributed by atoms with E-state index >= 15 is 0 Å². The van der Waals surface area contributed by atoms with Crippen LogP contribution in [-0.2, 0) is 16.7 Å². The number of halogens is 1. The maximum atomic E-state index is 11.4. The average molecular weight is 545 g/mol. The van der Waals surface area contributed by atoms with Crippen molar-refractivity contribution in [2.75, 3.05) is 26.4 Å². The van der Waals surface area contributed by atoms with E-state index in [1.54, 1.807) is 30.6 Å². The maximum Gasteiger partial charge on any atom is 0.335 e. The van der Waals surface area contributed by atoms with Crippen LogP contribution in [-0.4, -0.2) is 47.4 Å². The van der Waals surface area contributed by atoms with Crippen LogP contribution in [0.4, 0.5) is 0 Å². The van der Waals surface area contributed by atoms with Gasteiger partial charge < -0.3 is 19.9 Å². The molecule has 39 heavy (non-hydrogen) atoms. The van der Waals surface area contributed by atoms with E-state index in [4.69, 9.17) is 21.1 Å². The number of carbonyl (C=O) groups is 1. The highest BCUT2D eigenvalue weighted by Crippen LogP contribution is 2.48. The van der Waals surface area contributed by atoms with Gasteiger partial charge in [0.25, 0.3) is 0 Å². The lowest BCUT2D eigenvalue weighted by molar-refractivity contribution is 0.0697. The standard InChI is InChI=1S/C30H29ClN4O4/c31-23-14-20(13-22(16-23)30(19-32)6-7-30)17-33-8-1-2-10-38-11-12-39-28-25-5-9-34-18-26(25)24-4-3-21(29(36)37)15-27(24)35-28/h3-5,9,13-16,18,33H,1-2,6-8,10-12,17H2,(H,36,37). The Balaban J connectivity index is 1.04. The highest BCUT2D eigenvalue weighted by molar-refractivity contribution is 6.30. The predicted octanol–water partition coefficient (Wildman–Crippen LogP) is 5.66. The van der Waals surface area contributed by atoms with Gasteiger partial charge in [-0.3, -0.25) is 4.98 Å². The number of unbranched alkanes of at least 4 members (excludes halogenated alkanes) is 1. The fourth-order valence-electron chi connectivity index (χ4n) is 4.67. The van der Waals surface area contributed by atoms with Gasteiger partial charge in [0.2, 0.25) is 5.88 Å². The molecule has 1 saturated carbocycles. The third-order valence-corrected chi connectivity index (χ3v) is 7.19. The van der Waals surface area contributed by atoms with E-state index in [-0.39, 0.29) is 11.0 Å². The monoisotopic (exact) mass is 544 g/mol. The summed E-state index contributed by atoms with van der Waals surface area (Å²) in [5.41, 5.74) is 2.50. The number of nitrogens with zero attached hydrogens (tertiary/aromatic N) is 3. The number of carboxylic acids is 1. The minimum atomic E-state index is -1.00. The third-order valence-electron chi connectivity index (χ3n) is 6.97. The van der Waals surface area contributed by atoms with Crippen LogP contribution < -0.4 is 10.1 Å². The SMILES string of the molecule is N#CC1(c2cc(Cl)cc(CNCCCCOCCOc3nc4cc(C(=O)O)ccc4c4cnccc34)c2)CC1. The molecule has 1 aliphatic carbocycles. The molecule has 0 unspecified atom stereocenters. The predicted molar refractivity (Wildman–Crippen MR) is 149 cm³/mol. The van der Waals surface area contributed by atoms with Gasteiger partial charge in [-0.2, -0.15) is 5.26 Å². The van der Waals surface area contributed by atoms with Gasteiger partial charge in [-0.15, -0.1) is 0 Å². The van der Waals surface area contributed by atoms with E-state index in [0.29, 0.717) is 42.8 Å². The number of ether oxygens (including phenoxy) is 2. The van der Waals surface area contributed by atoms with Crippen LogP contribution in [0.3, 0.4) is 0 Å². The Labute approximate surface area is 231 Å². The van der Waals surface area contributed by atoms with Crippen LogP contribution >= 0.6 is 11.6 Å². The zero-order valence-corrected chi connectivity index (χ0v) is 22.2. The second-order valence-electron chi connectivity index (χ2n) is 9.76. The van der Waals surface area contributed by atoms with Crippen LogP contribution in [0.25, 0.3) is 21.7 Å². The van der Waals surface area contributed by atoms with E-state index < -0.39 is 5.97 Å². The van der Waals surface area contributed by atoms with Gasteiger partial charge >= 0.3 is 5.97 Å². The van der Waals surface area contributed by atoms with Gasteiger partial charge in [0.1, 0.15) is 6.61 Å². The second kappa shape index (κ2) is 12.0. The van der Waals surface area contributed by atoms with Crippen molar-refractivity contribution >= 4 is 39.2 Å². The molecule has 0 saturated heterocycles. The number of hydrogen-bond donors (Lipinski definition) is 2. The van der Waals surface area contributed by atoms with Crippen molar-refractivity contribution in [3.05, 3.63) is 76.6 Å². The van der Waals surface area contributed by atoms with Crippen LogP contribution in [0.1, 0.15) is 47.2 Å². The van der Waals surface area contributed by atoms with E-state index in [1.807, 2.05) is 18.2 Å². The zero-order valence-electron chi connectivity index (χ0n) is 21.5. The second-order valence-corrected chi connectivity index (χ2v) is 10.2. The van der Waals surface area contributed by atoms with E-state index in [2.05, 4.69) is 27.4 Å². The Hall–Kier alpha value is -3.77. The Kier molecular flexibility index (Phi) is 8.22. The van der Waals surface area contributed by atoms with Crippen LogP contribution in [0.5, 0.6) is 5.88 Å². The number of rotatable bonds is 13. The molecule has 9 heteroatoms. The molecular weight excluding hydrogens is 516 g/mol. The highest BCUT2D eigenvalue weighted by atomic mass is 35.5. The summed E-state index contributed by atoms with van der Waals surface area (Å²) >= 11 is 6.28. The van der Waals surface area contributed by atoms with E-state index in [9.17, 15) is 15.2 Å². The van der Waals surface area contributed by atoms with Crippen LogP contribution in [0, 0.1) is 11.3 Å². The van der Waals surface area contributed by atoms with Crippen molar-refractivity contribution in [2.45, 2.75) is 37.6 Å². The molecule has 0 aliphatic heterocycles. The summed E-state index contributed by atoms with van der Waals surface area (Å²) in [6.45, 7) is 2.92. The Morgan fingerprint density at radius 3 is 2.74 bits per heavy atom. The first-order valence-corrected chi connectivity index (χ1v) is 13.4. The number of aromatic carboxylic acids is 1. The van der Waals surface area contributed by atoms with Crippen molar-refractivity contribution in [1.82, 2.24) is 15.3 Å². The zero-order chi connectivity index (χ0) is 27.2.